The van der Waals surface area contributed by atoms with Crippen molar-refractivity contribution >= 4 is 38.8 Å². The number of nitrogens with one attached hydrogen (secondary N) is 2. The normalized spacial score (nSPS) is 20.3. The predicted octanol–water partition coefficient (Wildman–Crippen LogP) is 2.98. The Kier molecular flexibility index (Phi) is 8.34. The average Bonchev–Trinajstić information content (AvgIpc) is 3.68. The van der Waals surface area contributed by atoms with Gasteiger partial charge in [0.1, 0.15) is 11.6 Å². The van der Waals surface area contributed by atoms with Crippen molar-refractivity contribution in [3.63, 3.8) is 0 Å². The summed E-state index contributed by atoms with van der Waals surface area (Å²) in [6, 6.07) is 6.61. The lowest BCUT2D eigenvalue weighted by Gasteiger charge is -2.35. The lowest BCUT2D eigenvalue weighted by Crippen LogP contribution is -2.41. The first-order valence-electron chi connectivity index (χ1n) is 13.6. The molecule has 5 rings (SSSR count). The number of nitrogens with zero attached hydrogens (tertiary/aromatic N) is 3. The number of aliphatic hydroxyl groups excluding tert-OH is 1. The summed E-state index contributed by atoms with van der Waals surface area (Å²) >= 11 is 0. The molecule has 13 heteroatoms. The number of rotatable bonds is 10. The van der Waals surface area contributed by atoms with Crippen LogP contribution in [0.15, 0.2) is 30.5 Å². The standard InChI is InChI=1S/C27H36FN5O6S/c1-19-17-33(10-12-38-19)23-14-20(2-3-24(23)39-18-28)30-26(35)21-16-29-25(31-40(36,37)13-11-34)15-22(21)32-8-6-27(4-5-27)7-9-32/h2-3,14-16,19,34H,4-13,17-18H2,1H3,(H,29,31)(H,30,35)/t19-/m0/s1. The third-order valence-corrected chi connectivity index (χ3v) is 9.12. The van der Waals surface area contributed by atoms with Crippen molar-refractivity contribution in [1.82, 2.24) is 4.98 Å². The summed E-state index contributed by atoms with van der Waals surface area (Å²) in [6.07, 6.45) is 5.84. The van der Waals surface area contributed by atoms with E-state index in [0.29, 0.717) is 53.5 Å². The van der Waals surface area contributed by atoms with Gasteiger partial charge in [0.05, 0.1) is 42.0 Å². The highest BCUT2D eigenvalue weighted by molar-refractivity contribution is 7.92. The molecule has 11 nitrogen and oxygen atoms in total. The minimum absolute atomic E-state index is 0.00788. The summed E-state index contributed by atoms with van der Waals surface area (Å²) in [4.78, 5) is 21.9. The maximum absolute atomic E-state index is 13.6. The lowest BCUT2D eigenvalue weighted by molar-refractivity contribution is 0.0529. The van der Waals surface area contributed by atoms with Gasteiger partial charge in [0.2, 0.25) is 16.9 Å². The van der Waals surface area contributed by atoms with Crippen LogP contribution in [-0.2, 0) is 14.8 Å². The van der Waals surface area contributed by atoms with Crippen LogP contribution in [0.2, 0.25) is 0 Å². The van der Waals surface area contributed by atoms with Crippen molar-refractivity contribution in [1.29, 1.82) is 0 Å². The molecule has 3 heterocycles. The Morgan fingerprint density at radius 1 is 1.18 bits per heavy atom. The van der Waals surface area contributed by atoms with Crippen LogP contribution in [0.3, 0.4) is 0 Å². The summed E-state index contributed by atoms with van der Waals surface area (Å²) in [7, 11) is -3.78. The molecule has 3 aliphatic rings. The molecule has 0 unspecified atom stereocenters. The van der Waals surface area contributed by atoms with Gasteiger partial charge in [-0.2, -0.15) is 0 Å². The van der Waals surface area contributed by atoms with E-state index in [-0.39, 0.29) is 11.9 Å². The van der Waals surface area contributed by atoms with Crippen LogP contribution in [0.1, 0.15) is 43.0 Å². The van der Waals surface area contributed by atoms with E-state index >= 15 is 0 Å². The number of anilines is 4. The van der Waals surface area contributed by atoms with Crippen LogP contribution in [0.5, 0.6) is 5.75 Å². The first-order chi connectivity index (χ1) is 19.2. The first kappa shape index (κ1) is 28.4. The van der Waals surface area contributed by atoms with Crippen molar-refractivity contribution in [2.24, 2.45) is 5.41 Å². The van der Waals surface area contributed by atoms with E-state index in [4.69, 9.17) is 14.6 Å². The van der Waals surface area contributed by atoms with Gasteiger partial charge in [-0.05, 0) is 56.2 Å². The van der Waals surface area contributed by atoms with E-state index in [0.717, 1.165) is 25.9 Å². The summed E-state index contributed by atoms with van der Waals surface area (Å²) in [5, 5.41) is 12.0. The fourth-order valence-corrected chi connectivity index (χ4v) is 6.20. The van der Waals surface area contributed by atoms with E-state index in [9.17, 15) is 17.6 Å². The van der Waals surface area contributed by atoms with Crippen LogP contribution < -0.4 is 24.6 Å². The highest BCUT2D eigenvalue weighted by atomic mass is 32.2. The Bertz CT molecular complexity index is 1330. The first-order valence-corrected chi connectivity index (χ1v) is 15.2. The number of aliphatic hydroxyl groups is 1. The minimum atomic E-state index is -3.78. The van der Waals surface area contributed by atoms with Gasteiger partial charge in [-0.3, -0.25) is 9.52 Å². The molecule has 2 saturated heterocycles. The minimum Gasteiger partial charge on any atom is -0.461 e. The SMILES string of the molecule is C[C@H]1CN(c2cc(NC(=O)c3cnc(NS(=O)(=O)CCO)cc3N3CCC4(CC3)CC4)ccc2OCF)CCO1. The topological polar surface area (TPSA) is 133 Å². The fraction of sp³-hybridized carbons (Fsp3) is 0.556. The van der Waals surface area contributed by atoms with Gasteiger partial charge < -0.3 is 29.7 Å². The smallest absolute Gasteiger partial charge is 0.259 e. The van der Waals surface area contributed by atoms with E-state index in [1.54, 1.807) is 24.3 Å². The monoisotopic (exact) mass is 577 g/mol. The second kappa shape index (κ2) is 11.8. The van der Waals surface area contributed by atoms with Crippen molar-refractivity contribution < 1.29 is 32.2 Å². The van der Waals surface area contributed by atoms with Gasteiger partial charge in [-0.15, -0.1) is 0 Å². The number of carbonyl (C=O) groups is 1. The van der Waals surface area contributed by atoms with Gasteiger partial charge in [0.25, 0.3) is 5.91 Å². The second-order valence-corrected chi connectivity index (χ2v) is 12.6. The maximum Gasteiger partial charge on any atom is 0.259 e. The molecule has 40 heavy (non-hydrogen) atoms. The van der Waals surface area contributed by atoms with Crippen LogP contribution in [0.4, 0.5) is 27.3 Å². The molecule has 1 aromatic heterocycles. The third kappa shape index (κ3) is 6.58. The molecule has 2 aliphatic heterocycles. The Morgan fingerprint density at radius 2 is 1.95 bits per heavy atom. The zero-order valence-corrected chi connectivity index (χ0v) is 23.4. The van der Waals surface area contributed by atoms with E-state index in [1.165, 1.54) is 19.0 Å². The quantitative estimate of drug-likeness (QED) is 0.390. The van der Waals surface area contributed by atoms with Crippen LogP contribution in [-0.4, -0.2) is 82.5 Å². The number of sulfonamides is 1. The van der Waals surface area contributed by atoms with Gasteiger partial charge in [-0.1, -0.05) is 0 Å². The number of piperidine rings is 1. The Balaban J connectivity index is 1.41. The molecule has 1 spiro atoms. The van der Waals surface area contributed by atoms with Gasteiger partial charge in [0.15, 0.2) is 0 Å². The summed E-state index contributed by atoms with van der Waals surface area (Å²) < 4.78 is 50.8. The number of benzene rings is 1. The van der Waals surface area contributed by atoms with Crippen molar-refractivity contribution in [2.45, 2.75) is 38.7 Å². The zero-order valence-electron chi connectivity index (χ0n) is 22.6. The summed E-state index contributed by atoms with van der Waals surface area (Å²) in [6.45, 7) is 3.69. The molecule has 1 aromatic carbocycles. The van der Waals surface area contributed by atoms with E-state index in [1.807, 2.05) is 11.8 Å². The number of morpholine rings is 1. The Labute approximate surface area is 233 Å². The molecule has 2 aromatic rings. The van der Waals surface area contributed by atoms with Gasteiger partial charge >= 0.3 is 0 Å². The van der Waals surface area contributed by atoms with E-state index < -0.39 is 35.2 Å². The number of pyridine rings is 1. The number of halogens is 1. The highest BCUT2D eigenvalue weighted by Gasteiger charge is 2.44. The Morgan fingerprint density at radius 3 is 2.62 bits per heavy atom. The number of alkyl halides is 1. The molecule has 0 radical (unpaired) electrons. The van der Waals surface area contributed by atoms with Crippen LogP contribution in [0.25, 0.3) is 0 Å². The third-order valence-electron chi connectivity index (χ3n) is 7.88. The number of hydrogen-bond donors (Lipinski definition) is 3. The van der Waals surface area contributed by atoms with E-state index in [2.05, 4.69) is 19.9 Å². The molecule has 218 valence electrons. The molecule has 3 N–H and O–H groups in total. The maximum atomic E-state index is 13.6. The van der Waals surface area contributed by atoms with Crippen LogP contribution in [0, 0.1) is 5.41 Å². The molecule has 1 amide bonds. The largest absolute Gasteiger partial charge is 0.461 e. The predicted molar refractivity (Wildman–Crippen MR) is 150 cm³/mol. The summed E-state index contributed by atoms with van der Waals surface area (Å²) in [5.41, 5.74) is 2.46. The Hall–Kier alpha value is -3.16. The number of hydrogen-bond acceptors (Lipinski definition) is 9. The fourth-order valence-electron chi connectivity index (χ4n) is 5.43. The molecule has 3 fully saturated rings. The molecule has 0 bridgehead atoms. The number of aromatic nitrogens is 1. The highest BCUT2D eigenvalue weighted by Crippen LogP contribution is 2.54. The van der Waals surface area contributed by atoms with Gasteiger partial charge in [0, 0.05) is 44.1 Å². The van der Waals surface area contributed by atoms with Crippen molar-refractivity contribution in [2.75, 3.05) is 71.8 Å². The molecule has 1 saturated carbocycles. The lowest BCUT2D eigenvalue weighted by atomic mass is 9.93. The molecule has 1 aliphatic carbocycles. The number of carbonyl (C=O) groups excluding carboxylic acids is 1. The number of amides is 1. The molecular formula is C27H36FN5O6S. The zero-order chi connectivity index (χ0) is 28.3. The summed E-state index contributed by atoms with van der Waals surface area (Å²) in [5.74, 6) is -0.397. The number of ether oxygens (including phenoxy) is 2. The molecular weight excluding hydrogens is 541 g/mol. The van der Waals surface area contributed by atoms with Crippen LogP contribution >= 0.6 is 0 Å². The molecule has 1 atom stereocenters. The van der Waals surface area contributed by atoms with Gasteiger partial charge in [-0.25, -0.2) is 17.8 Å². The average molecular weight is 578 g/mol. The second-order valence-electron chi connectivity index (χ2n) is 10.7. The van der Waals surface area contributed by atoms with Crippen molar-refractivity contribution in [3.8, 4) is 5.75 Å². The van der Waals surface area contributed by atoms with Crippen molar-refractivity contribution in [3.05, 3.63) is 36.0 Å².